The van der Waals surface area contributed by atoms with Crippen molar-refractivity contribution >= 4 is 0 Å². The van der Waals surface area contributed by atoms with E-state index in [0.717, 1.165) is 0 Å². The van der Waals surface area contributed by atoms with Crippen LogP contribution in [0.3, 0.4) is 0 Å². The van der Waals surface area contributed by atoms with Gasteiger partial charge in [0.05, 0.1) is 12.2 Å². The number of nitrogens with two attached hydrogens (primary N) is 1. The molecule has 3 nitrogen and oxygen atoms in total. The maximum absolute atomic E-state index is 5.90. The minimum atomic E-state index is 0.445. The van der Waals surface area contributed by atoms with Gasteiger partial charge in [0.1, 0.15) is 0 Å². The first-order valence-corrected chi connectivity index (χ1v) is 6.37. The molecule has 0 aromatic carbocycles. The van der Waals surface area contributed by atoms with E-state index in [1.807, 2.05) is 0 Å². The summed E-state index contributed by atoms with van der Waals surface area (Å²) in [4.78, 5) is 0. The second-order valence-corrected chi connectivity index (χ2v) is 5.23. The van der Waals surface area contributed by atoms with E-state index >= 15 is 0 Å². The van der Waals surface area contributed by atoms with Gasteiger partial charge in [-0.15, -0.1) is 0 Å². The standard InChI is InChI=1S/C12H24N2O/c1-3-4-8(2)12(14-13)10-7-9-5-6-11(10)15-9/h8-12,14H,3-7,13H2,1-2H3. The third kappa shape index (κ3) is 2.19. The van der Waals surface area contributed by atoms with Crippen molar-refractivity contribution < 1.29 is 4.74 Å². The van der Waals surface area contributed by atoms with Gasteiger partial charge in [-0.1, -0.05) is 20.3 Å². The molecule has 3 heteroatoms. The monoisotopic (exact) mass is 212 g/mol. The molecule has 2 aliphatic rings. The minimum absolute atomic E-state index is 0.445. The number of hydrazine groups is 1. The van der Waals surface area contributed by atoms with Crippen LogP contribution in [-0.2, 0) is 4.74 Å². The second kappa shape index (κ2) is 4.81. The molecular weight excluding hydrogens is 188 g/mol. The molecule has 0 aromatic rings. The van der Waals surface area contributed by atoms with E-state index in [4.69, 9.17) is 10.6 Å². The highest BCUT2D eigenvalue weighted by atomic mass is 16.5. The van der Waals surface area contributed by atoms with Gasteiger partial charge in [-0.25, -0.2) is 0 Å². The van der Waals surface area contributed by atoms with Crippen LogP contribution in [0, 0.1) is 11.8 Å². The average Bonchev–Trinajstić information content (AvgIpc) is 2.81. The Kier molecular flexibility index (Phi) is 3.65. The van der Waals surface area contributed by atoms with E-state index in [2.05, 4.69) is 19.3 Å². The van der Waals surface area contributed by atoms with Crippen LogP contribution >= 0.6 is 0 Å². The van der Waals surface area contributed by atoms with E-state index in [1.54, 1.807) is 0 Å². The van der Waals surface area contributed by atoms with Crippen molar-refractivity contribution in [3.05, 3.63) is 0 Å². The zero-order valence-electron chi connectivity index (χ0n) is 9.91. The van der Waals surface area contributed by atoms with E-state index in [9.17, 15) is 0 Å². The summed E-state index contributed by atoms with van der Waals surface area (Å²) in [6, 6.07) is 0.445. The molecule has 2 fully saturated rings. The molecule has 0 spiro atoms. The first kappa shape index (κ1) is 11.4. The number of rotatable bonds is 5. The summed E-state index contributed by atoms with van der Waals surface area (Å²) < 4.78 is 5.90. The second-order valence-electron chi connectivity index (χ2n) is 5.23. The van der Waals surface area contributed by atoms with Gasteiger partial charge in [-0.3, -0.25) is 11.3 Å². The molecule has 88 valence electrons. The lowest BCUT2D eigenvalue weighted by atomic mass is 9.78. The van der Waals surface area contributed by atoms with Gasteiger partial charge in [0.25, 0.3) is 0 Å². The lowest BCUT2D eigenvalue weighted by Crippen LogP contribution is -2.48. The Morgan fingerprint density at radius 3 is 2.73 bits per heavy atom. The Balaban J connectivity index is 1.94. The third-order valence-electron chi connectivity index (χ3n) is 4.16. The fraction of sp³-hybridized carbons (Fsp3) is 1.00. The lowest BCUT2D eigenvalue weighted by molar-refractivity contribution is 0.0796. The maximum atomic E-state index is 5.90. The number of ether oxygens (including phenoxy) is 1. The lowest BCUT2D eigenvalue weighted by Gasteiger charge is -2.32. The van der Waals surface area contributed by atoms with Crippen LogP contribution in [0.5, 0.6) is 0 Å². The molecule has 2 heterocycles. The number of nitrogens with one attached hydrogen (secondary N) is 1. The molecule has 0 radical (unpaired) electrons. The molecule has 2 saturated heterocycles. The largest absolute Gasteiger partial charge is 0.375 e. The van der Waals surface area contributed by atoms with Gasteiger partial charge in [0.15, 0.2) is 0 Å². The molecule has 2 bridgehead atoms. The summed E-state index contributed by atoms with van der Waals surface area (Å²) in [5, 5.41) is 0. The first-order chi connectivity index (χ1) is 7.26. The van der Waals surface area contributed by atoms with E-state index in [-0.39, 0.29) is 0 Å². The molecule has 15 heavy (non-hydrogen) atoms. The van der Waals surface area contributed by atoms with Crippen molar-refractivity contribution in [3.8, 4) is 0 Å². The Labute approximate surface area is 92.7 Å². The Morgan fingerprint density at radius 2 is 2.27 bits per heavy atom. The van der Waals surface area contributed by atoms with Crippen LogP contribution < -0.4 is 11.3 Å². The minimum Gasteiger partial charge on any atom is -0.375 e. The Bertz CT molecular complexity index is 210. The molecule has 0 aliphatic carbocycles. The van der Waals surface area contributed by atoms with Gasteiger partial charge < -0.3 is 4.74 Å². The summed E-state index contributed by atoms with van der Waals surface area (Å²) in [6.07, 6.45) is 7.23. The predicted octanol–water partition coefficient (Wildman–Crippen LogP) is 1.82. The highest BCUT2D eigenvalue weighted by molar-refractivity contribution is 4.96. The van der Waals surface area contributed by atoms with Crippen LogP contribution in [0.4, 0.5) is 0 Å². The molecule has 0 saturated carbocycles. The Morgan fingerprint density at radius 1 is 1.47 bits per heavy atom. The maximum Gasteiger partial charge on any atom is 0.0624 e. The molecule has 5 unspecified atom stereocenters. The van der Waals surface area contributed by atoms with Crippen LogP contribution in [0.15, 0.2) is 0 Å². The highest BCUT2D eigenvalue weighted by Crippen LogP contribution is 2.42. The van der Waals surface area contributed by atoms with Crippen molar-refractivity contribution in [2.45, 2.75) is 64.2 Å². The van der Waals surface area contributed by atoms with Gasteiger partial charge in [-0.05, 0) is 31.6 Å². The van der Waals surface area contributed by atoms with Crippen LogP contribution in [0.2, 0.25) is 0 Å². The Hall–Kier alpha value is -0.120. The highest BCUT2D eigenvalue weighted by Gasteiger charge is 2.45. The molecule has 5 atom stereocenters. The normalized spacial score (nSPS) is 38.2. The smallest absolute Gasteiger partial charge is 0.0624 e. The SMILES string of the molecule is CCCC(C)C(NN)C1CC2CCC1O2. The van der Waals surface area contributed by atoms with Crippen molar-refractivity contribution in [3.63, 3.8) is 0 Å². The topological polar surface area (TPSA) is 47.3 Å². The number of fused-ring (bicyclic) bond motifs is 2. The van der Waals surface area contributed by atoms with Crippen molar-refractivity contribution in [1.29, 1.82) is 0 Å². The number of hydrogen-bond donors (Lipinski definition) is 2. The van der Waals surface area contributed by atoms with Crippen molar-refractivity contribution in [2.24, 2.45) is 17.7 Å². The predicted molar refractivity (Wildman–Crippen MR) is 61.2 cm³/mol. The molecule has 0 amide bonds. The molecule has 0 aromatic heterocycles. The zero-order chi connectivity index (χ0) is 10.8. The quantitative estimate of drug-likeness (QED) is 0.540. The van der Waals surface area contributed by atoms with E-state index in [1.165, 1.54) is 32.1 Å². The molecule has 2 aliphatic heterocycles. The van der Waals surface area contributed by atoms with Gasteiger partial charge in [-0.2, -0.15) is 0 Å². The zero-order valence-corrected chi connectivity index (χ0v) is 9.91. The van der Waals surface area contributed by atoms with Crippen LogP contribution in [0.25, 0.3) is 0 Å². The van der Waals surface area contributed by atoms with Gasteiger partial charge >= 0.3 is 0 Å². The molecular formula is C12H24N2O. The van der Waals surface area contributed by atoms with Gasteiger partial charge in [0.2, 0.25) is 0 Å². The van der Waals surface area contributed by atoms with E-state index < -0.39 is 0 Å². The van der Waals surface area contributed by atoms with Crippen LogP contribution in [-0.4, -0.2) is 18.2 Å². The third-order valence-corrected chi connectivity index (χ3v) is 4.16. The summed E-state index contributed by atoms with van der Waals surface area (Å²) in [6.45, 7) is 4.54. The van der Waals surface area contributed by atoms with Gasteiger partial charge in [0, 0.05) is 12.0 Å². The molecule has 3 N–H and O–H groups in total. The fourth-order valence-electron chi connectivity index (χ4n) is 3.40. The first-order valence-electron chi connectivity index (χ1n) is 6.37. The van der Waals surface area contributed by atoms with E-state index in [0.29, 0.717) is 30.1 Å². The average molecular weight is 212 g/mol. The van der Waals surface area contributed by atoms with Crippen LogP contribution in [0.1, 0.15) is 46.0 Å². The van der Waals surface area contributed by atoms with Crippen molar-refractivity contribution in [2.75, 3.05) is 0 Å². The summed E-state index contributed by atoms with van der Waals surface area (Å²) in [5.41, 5.74) is 3.03. The summed E-state index contributed by atoms with van der Waals surface area (Å²) >= 11 is 0. The fourth-order valence-corrected chi connectivity index (χ4v) is 3.40. The van der Waals surface area contributed by atoms with Crippen molar-refractivity contribution in [1.82, 2.24) is 5.43 Å². The molecule has 2 rings (SSSR count). The summed E-state index contributed by atoms with van der Waals surface area (Å²) in [5.74, 6) is 7.02. The number of hydrogen-bond acceptors (Lipinski definition) is 3. The summed E-state index contributed by atoms with van der Waals surface area (Å²) in [7, 11) is 0.